The highest BCUT2D eigenvalue weighted by atomic mass is 16.1. The Labute approximate surface area is 137 Å². The number of rotatable bonds is 7. The van der Waals surface area contributed by atoms with Crippen LogP contribution < -0.4 is 10.6 Å². The van der Waals surface area contributed by atoms with Crippen molar-refractivity contribution in [3.05, 3.63) is 53.3 Å². The second kappa shape index (κ2) is 8.24. The average molecular weight is 313 g/mol. The second-order valence-corrected chi connectivity index (χ2v) is 5.70. The highest BCUT2D eigenvalue weighted by Crippen LogP contribution is 2.05. The van der Waals surface area contributed by atoms with Crippen LogP contribution in [0.15, 0.2) is 36.7 Å². The first-order valence-electron chi connectivity index (χ1n) is 7.59. The summed E-state index contributed by atoms with van der Waals surface area (Å²) in [6.07, 6.45) is 3.08. The molecule has 0 aliphatic heterocycles. The maximum absolute atomic E-state index is 12.1. The van der Waals surface area contributed by atoms with Gasteiger partial charge in [-0.25, -0.2) is 9.97 Å². The number of anilines is 1. The van der Waals surface area contributed by atoms with E-state index in [1.165, 1.54) is 18.0 Å². The van der Waals surface area contributed by atoms with Crippen LogP contribution in [0.2, 0.25) is 0 Å². The Morgan fingerprint density at radius 2 is 1.96 bits per heavy atom. The van der Waals surface area contributed by atoms with Crippen LogP contribution in [0.25, 0.3) is 0 Å². The molecule has 0 fully saturated rings. The maximum atomic E-state index is 12.1. The molecule has 2 N–H and O–H groups in total. The first-order valence-corrected chi connectivity index (χ1v) is 7.59. The fourth-order valence-corrected chi connectivity index (χ4v) is 2.03. The summed E-state index contributed by atoms with van der Waals surface area (Å²) >= 11 is 0. The number of benzene rings is 1. The summed E-state index contributed by atoms with van der Waals surface area (Å²) < 4.78 is 0. The van der Waals surface area contributed by atoms with Gasteiger partial charge >= 0.3 is 0 Å². The number of nitrogens with one attached hydrogen (secondary N) is 2. The van der Waals surface area contributed by atoms with Crippen molar-refractivity contribution in [2.45, 2.75) is 13.5 Å². The van der Waals surface area contributed by atoms with Gasteiger partial charge < -0.3 is 15.5 Å². The Bertz CT molecular complexity index is 640. The molecule has 1 heterocycles. The van der Waals surface area contributed by atoms with Gasteiger partial charge in [0, 0.05) is 32.0 Å². The zero-order valence-corrected chi connectivity index (χ0v) is 13.8. The van der Waals surface area contributed by atoms with Crippen molar-refractivity contribution in [2.75, 3.05) is 32.5 Å². The van der Waals surface area contributed by atoms with Crippen LogP contribution in [0.4, 0.5) is 5.95 Å². The van der Waals surface area contributed by atoms with Crippen molar-refractivity contribution in [2.24, 2.45) is 0 Å². The fourth-order valence-electron chi connectivity index (χ4n) is 2.03. The lowest BCUT2D eigenvalue weighted by Crippen LogP contribution is -2.24. The van der Waals surface area contributed by atoms with Crippen molar-refractivity contribution >= 4 is 11.9 Å². The third-order valence-electron chi connectivity index (χ3n) is 3.29. The van der Waals surface area contributed by atoms with Crippen LogP contribution in [0, 0.1) is 6.92 Å². The predicted octanol–water partition coefficient (Wildman–Crippen LogP) is 1.69. The molecule has 2 aromatic rings. The van der Waals surface area contributed by atoms with E-state index in [0.717, 1.165) is 18.7 Å². The lowest BCUT2D eigenvalue weighted by molar-refractivity contribution is 0.0950. The molecule has 0 aliphatic carbocycles. The standard InChI is InChI=1S/C17H23N5O/c1-13-5-4-6-14(9-13)10-19-16(23)15-11-20-17(21-12-15)18-7-8-22(2)3/h4-6,9,11-12H,7-8,10H2,1-3H3,(H,19,23)(H,18,20,21). The number of nitrogens with zero attached hydrogens (tertiary/aromatic N) is 3. The smallest absolute Gasteiger partial charge is 0.254 e. The Morgan fingerprint density at radius 3 is 2.61 bits per heavy atom. The Balaban J connectivity index is 1.85. The molecule has 122 valence electrons. The van der Waals surface area contributed by atoms with Crippen molar-refractivity contribution in [1.29, 1.82) is 0 Å². The first kappa shape index (κ1) is 16.9. The van der Waals surface area contributed by atoms with Crippen molar-refractivity contribution in [1.82, 2.24) is 20.2 Å². The van der Waals surface area contributed by atoms with E-state index >= 15 is 0 Å². The summed E-state index contributed by atoms with van der Waals surface area (Å²) in [5.74, 6) is 0.355. The molecule has 6 nitrogen and oxygen atoms in total. The lowest BCUT2D eigenvalue weighted by atomic mass is 10.1. The quantitative estimate of drug-likeness (QED) is 0.814. The molecular weight excluding hydrogens is 290 g/mol. The largest absolute Gasteiger partial charge is 0.353 e. The van der Waals surface area contributed by atoms with Gasteiger partial charge in [-0.05, 0) is 26.6 Å². The van der Waals surface area contributed by atoms with E-state index in [2.05, 4.69) is 31.6 Å². The second-order valence-electron chi connectivity index (χ2n) is 5.70. The summed E-state index contributed by atoms with van der Waals surface area (Å²) in [7, 11) is 4.01. The Hall–Kier alpha value is -2.47. The van der Waals surface area contributed by atoms with Crippen LogP contribution in [0.3, 0.4) is 0 Å². The van der Waals surface area contributed by atoms with Gasteiger partial charge in [-0.2, -0.15) is 0 Å². The number of carbonyl (C=O) groups excluding carboxylic acids is 1. The molecule has 0 spiro atoms. The van der Waals surface area contributed by atoms with Gasteiger partial charge in [0.2, 0.25) is 5.95 Å². The minimum absolute atomic E-state index is 0.175. The molecule has 6 heteroatoms. The average Bonchev–Trinajstić information content (AvgIpc) is 2.53. The van der Waals surface area contributed by atoms with Gasteiger partial charge in [0.25, 0.3) is 5.91 Å². The number of likely N-dealkylation sites (N-methyl/N-ethyl adjacent to an activating group) is 1. The van der Waals surface area contributed by atoms with Crippen LogP contribution >= 0.6 is 0 Å². The van der Waals surface area contributed by atoms with E-state index < -0.39 is 0 Å². The summed E-state index contributed by atoms with van der Waals surface area (Å²) in [6.45, 7) is 4.17. The molecule has 2 rings (SSSR count). The van der Waals surface area contributed by atoms with Crippen LogP contribution in [-0.4, -0.2) is 48.0 Å². The molecule has 0 saturated heterocycles. The summed E-state index contributed by atoms with van der Waals surface area (Å²) in [5.41, 5.74) is 2.70. The molecule has 1 aromatic carbocycles. The van der Waals surface area contributed by atoms with E-state index in [4.69, 9.17) is 0 Å². The van der Waals surface area contributed by atoms with Crippen molar-refractivity contribution in [3.8, 4) is 0 Å². The highest BCUT2D eigenvalue weighted by Gasteiger charge is 2.07. The third-order valence-corrected chi connectivity index (χ3v) is 3.29. The molecular formula is C17H23N5O. The van der Waals surface area contributed by atoms with Gasteiger partial charge in [0.1, 0.15) is 0 Å². The number of hydrogen-bond acceptors (Lipinski definition) is 5. The van der Waals surface area contributed by atoms with Crippen LogP contribution in [0.1, 0.15) is 21.5 Å². The molecule has 0 unspecified atom stereocenters. The zero-order valence-electron chi connectivity index (χ0n) is 13.8. The van der Waals surface area contributed by atoms with Gasteiger partial charge in [-0.1, -0.05) is 29.8 Å². The van der Waals surface area contributed by atoms with Crippen LogP contribution in [-0.2, 0) is 6.54 Å². The molecule has 1 amide bonds. The molecule has 0 aliphatic rings. The maximum Gasteiger partial charge on any atom is 0.254 e. The molecule has 23 heavy (non-hydrogen) atoms. The first-order chi connectivity index (χ1) is 11.0. The van der Waals surface area contributed by atoms with E-state index in [1.54, 1.807) is 0 Å². The van der Waals surface area contributed by atoms with Crippen molar-refractivity contribution in [3.63, 3.8) is 0 Å². The summed E-state index contributed by atoms with van der Waals surface area (Å²) in [4.78, 5) is 22.5. The van der Waals surface area contributed by atoms with Gasteiger partial charge in [-0.15, -0.1) is 0 Å². The summed E-state index contributed by atoms with van der Waals surface area (Å²) in [5, 5.41) is 5.98. The predicted molar refractivity (Wildman–Crippen MR) is 91.4 cm³/mol. The minimum atomic E-state index is -0.175. The van der Waals surface area contributed by atoms with E-state index in [9.17, 15) is 4.79 Å². The number of carbonyl (C=O) groups is 1. The van der Waals surface area contributed by atoms with Gasteiger partial charge in [0.15, 0.2) is 0 Å². The fraction of sp³-hybridized carbons (Fsp3) is 0.353. The normalized spacial score (nSPS) is 10.6. The van der Waals surface area contributed by atoms with E-state index in [1.807, 2.05) is 39.2 Å². The molecule has 0 bridgehead atoms. The van der Waals surface area contributed by atoms with Crippen molar-refractivity contribution < 1.29 is 4.79 Å². The molecule has 0 saturated carbocycles. The number of aryl methyl sites for hydroxylation is 1. The number of amides is 1. The SMILES string of the molecule is Cc1cccc(CNC(=O)c2cnc(NCCN(C)C)nc2)c1. The lowest BCUT2D eigenvalue weighted by Gasteiger charge is -2.10. The van der Waals surface area contributed by atoms with E-state index in [-0.39, 0.29) is 5.91 Å². The Morgan fingerprint density at radius 1 is 1.22 bits per heavy atom. The molecule has 0 radical (unpaired) electrons. The Kier molecular flexibility index (Phi) is 6.05. The zero-order chi connectivity index (χ0) is 16.7. The van der Waals surface area contributed by atoms with Gasteiger partial charge in [-0.3, -0.25) is 4.79 Å². The number of hydrogen-bond donors (Lipinski definition) is 2. The number of aromatic nitrogens is 2. The highest BCUT2D eigenvalue weighted by molar-refractivity contribution is 5.93. The van der Waals surface area contributed by atoms with Gasteiger partial charge in [0.05, 0.1) is 5.56 Å². The minimum Gasteiger partial charge on any atom is -0.353 e. The topological polar surface area (TPSA) is 70.2 Å². The molecule has 1 aromatic heterocycles. The summed E-state index contributed by atoms with van der Waals surface area (Å²) in [6, 6.07) is 8.05. The van der Waals surface area contributed by atoms with Crippen LogP contribution in [0.5, 0.6) is 0 Å². The third kappa shape index (κ3) is 5.67. The molecule has 0 atom stereocenters. The van der Waals surface area contributed by atoms with E-state index in [0.29, 0.717) is 18.1 Å². The monoisotopic (exact) mass is 313 g/mol.